The summed E-state index contributed by atoms with van der Waals surface area (Å²) in [5.74, 6) is 0. The number of aldehydes is 1. The van der Waals surface area contributed by atoms with Gasteiger partial charge in [0.25, 0.3) is 0 Å². The van der Waals surface area contributed by atoms with Crippen molar-refractivity contribution in [2.45, 2.75) is 38.8 Å². The Labute approximate surface area is 67.8 Å². The Kier molecular flexibility index (Phi) is 6.07. The molecular weight excluding hydrogens is 142 g/mol. The third kappa shape index (κ3) is 4.93. The van der Waals surface area contributed by atoms with E-state index in [1.54, 1.807) is 6.92 Å². The molecule has 0 aromatic heterocycles. The number of aliphatic hydroxyl groups excluding tert-OH is 1. The van der Waals surface area contributed by atoms with E-state index in [-0.39, 0.29) is 6.04 Å². The maximum absolute atomic E-state index is 10.1. The van der Waals surface area contributed by atoms with Crippen molar-refractivity contribution in [3.8, 4) is 0 Å². The second-order valence-corrected chi connectivity index (χ2v) is 2.70. The van der Waals surface area contributed by atoms with Crippen molar-refractivity contribution in [1.29, 1.82) is 0 Å². The van der Waals surface area contributed by atoms with Crippen molar-refractivity contribution >= 4 is 6.29 Å². The number of nitrogens with one attached hydrogen (secondary N) is 1. The monoisotopic (exact) mass is 159 g/mol. The second kappa shape index (κ2) is 6.31. The summed E-state index contributed by atoms with van der Waals surface area (Å²) >= 11 is 0. The number of aliphatic hydroxyl groups is 1. The van der Waals surface area contributed by atoms with Crippen molar-refractivity contribution in [1.82, 2.24) is 5.32 Å². The lowest BCUT2D eigenvalue weighted by molar-refractivity contribution is -0.108. The van der Waals surface area contributed by atoms with E-state index in [1.165, 1.54) is 0 Å². The van der Waals surface area contributed by atoms with Crippen LogP contribution in [0.15, 0.2) is 0 Å². The highest BCUT2D eigenvalue weighted by molar-refractivity contribution is 5.50. The minimum atomic E-state index is -0.452. The average molecular weight is 159 g/mol. The van der Waals surface area contributed by atoms with Crippen LogP contribution in [0, 0.1) is 0 Å². The van der Waals surface area contributed by atoms with Gasteiger partial charge in [-0.3, -0.25) is 0 Å². The molecule has 0 aliphatic rings. The van der Waals surface area contributed by atoms with Gasteiger partial charge in [-0.05, 0) is 19.9 Å². The maximum atomic E-state index is 10.1. The first-order chi connectivity index (χ1) is 5.22. The predicted octanol–water partition coefficient (Wildman–Crippen LogP) is 0.324. The first kappa shape index (κ1) is 10.6. The van der Waals surface area contributed by atoms with Crippen molar-refractivity contribution in [2.75, 3.05) is 6.54 Å². The van der Waals surface area contributed by atoms with Crippen LogP contribution >= 0.6 is 0 Å². The van der Waals surface area contributed by atoms with Gasteiger partial charge in [0.1, 0.15) is 6.29 Å². The Morgan fingerprint density at radius 3 is 2.64 bits per heavy atom. The molecule has 0 spiro atoms. The van der Waals surface area contributed by atoms with Crippen LogP contribution in [-0.2, 0) is 4.79 Å². The molecule has 0 rings (SSSR count). The summed E-state index contributed by atoms with van der Waals surface area (Å²) in [5, 5.41) is 12.2. The zero-order valence-corrected chi connectivity index (χ0v) is 7.21. The third-order valence-corrected chi connectivity index (χ3v) is 1.59. The fourth-order valence-electron chi connectivity index (χ4n) is 0.884. The van der Waals surface area contributed by atoms with E-state index in [2.05, 4.69) is 5.32 Å². The zero-order chi connectivity index (χ0) is 8.69. The van der Waals surface area contributed by atoms with Crippen LogP contribution in [0.4, 0.5) is 0 Å². The average Bonchev–Trinajstić information content (AvgIpc) is 1.97. The molecule has 2 unspecified atom stereocenters. The normalized spacial score (nSPS) is 15.9. The first-order valence-corrected chi connectivity index (χ1v) is 4.07. The van der Waals surface area contributed by atoms with Gasteiger partial charge in [0, 0.05) is 12.5 Å². The highest BCUT2D eigenvalue weighted by Crippen LogP contribution is 1.95. The standard InChI is InChI=1S/C8H17NO2/c1-3-5-9-8(4-6-10)7(2)11/h6-9,11H,3-5H2,1-2H3. The molecule has 0 amide bonds. The van der Waals surface area contributed by atoms with Crippen molar-refractivity contribution in [3.63, 3.8) is 0 Å². The Morgan fingerprint density at radius 2 is 2.27 bits per heavy atom. The number of rotatable bonds is 6. The summed E-state index contributed by atoms with van der Waals surface area (Å²) < 4.78 is 0. The maximum Gasteiger partial charge on any atom is 0.121 e. The molecule has 0 fully saturated rings. The fourth-order valence-corrected chi connectivity index (χ4v) is 0.884. The molecule has 2 N–H and O–H groups in total. The fraction of sp³-hybridized carbons (Fsp3) is 0.875. The minimum absolute atomic E-state index is 0.0764. The lowest BCUT2D eigenvalue weighted by Crippen LogP contribution is -2.38. The van der Waals surface area contributed by atoms with E-state index >= 15 is 0 Å². The molecule has 2 atom stereocenters. The van der Waals surface area contributed by atoms with Gasteiger partial charge in [0.15, 0.2) is 0 Å². The van der Waals surface area contributed by atoms with Gasteiger partial charge in [-0.15, -0.1) is 0 Å². The summed E-state index contributed by atoms with van der Waals surface area (Å²) in [5.41, 5.74) is 0. The summed E-state index contributed by atoms with van der Waals surface area (Å²) in [6.45, 7) is 4.59. The van der Waals surface area contributed by atoms with Gasteiger partial charge >= 0.3 is 0 Å². The van der Waals surface area contributed by atoms with E-state index in [4.69, 9.17) is 5.11 Å². The van der Waals surface area contributed by atoms with Crippen LogP contribution in [-0.4, -0.2) is 30.1 Å². The Morgan fingerprint density at radius 1 is 1.64 bits per heavy atom. The number of hydrogen-bond donors (Lipinski definition) is 2. The Bertz CT molecular complexity index is 104. The molecule has 11 heavy (non-hydrogen) atoms. The van der Waals surface area contributed by atoms with Crippen LogP contribution in [0.3, 0.4) is 0 Å². The van der Waals surface area contributed by atoms with E-state index < -0.39 is 6.10 Å². The van der Waals surface area contributed by atoms with E-state index in [0.717, 1.165) is 19.3 Å². The molecular formula is C8H17NO2. The summed E-state index contributed by atoms with van der Waals surface area (Å²) in [6, 6.07) is -0.0764. The molecule has 66 valence electrons. The van der Waals surface area contributed by atoms with Gasteiger partial charge in [-0.1, -0.05) is 6.92 Å². The van der Waals surface area contributed by atoms with E-state index in [1.807, 2.05) is 6.92 Å². The molecule has 0 aliphatic heterocycles. The molecule has 0 heterocycles. The number of hydrogen-bond acceptors (Lipinski definition) is 3. The summed E-state index contributed by atoms with van der Waals surface area (Å²) in [7, 11) is 0. The topological polar surface area (TPSA) is 49.3 Å². The van der Waals surface area contributed by atoms with Crippen LogP contribution in [0.1, 0.15) is 26.7 Å². The summed E-state index contributed by atoms with van der Waals surface area (Å²) in [6.07, 6.45) is 1.78. The van der Waals surface area contributed by atoms with Crippen molar-refractivity contribution in [2.24, 2.45) is 0 Å². The Hall–Kier alpha value is -0.410. The molecule has 0 bridgehead atoms. The lowest BCUT2D eigenvalue weighted by atomic mass is 10.1. The molecule has 0 aliphatic carbocycles. The van der Waals surface area contributed by atoms with E-state index in [9.17, 15) is 4.79 Å². The van der Waals surface area contributed by atoms with Gasteiger partial charge in [-0.25, -0.2) is 0 Å². The number of carbonyl (C=O) groups is 1. The van der Waals surface area contributed by atoms with Crippen LogP contribution < -0.4 is 5.32 Å². The van der Waals surface area contributed by atoms with E-state index in [0.29, 0.717) is 6.42 Å². The molecule has 3 nitrogen and oxygen atoms in total. The third-order valence-electron chi connectivity index (χ3n) is 1.59. The predicted molar refractivity (Wildman–Crippen MR) is 44.4 cm³/mol. The van der Waals surface area contributed by atoms with Gasteiger partial charge in [0.05, 0.1) is 6.10 Å². The molecule has 0 saturated heterocycles. The van der Waals surface area contributed by atoms with Crippen LogP contribution in [0.2, 0.25) is 0 Å². The zero-order valence-electron chi connectivity index (χ0n) is 7.21. The smallest absolute Gasteiger partial charge is 0.121 e. The quantitative estimate of drug-likeness (QED) is 0.549. The SMILES string of the molecule is CCCNC(CC=O)C(C)O. The van der Waals surface area contributed by atoms with Gasteiger partial charge < -0.3 is 15.2 Å². The summed E-state index contributed by atoms with van der Waals surface area (Å²) in [4.78, 5) is 10.1. The van der Waals surface area contributed by atoms with Gasteiger partial charge in [-0.2, -0.15) is 0 Å². The van der Waals surface area contributed by atoms with Crippen LogP contribution in [0.25, 0.3) is 0 Å². The molecule has 3 heteroatoms. The lowest BCUT2D eigenvalue weighted by Gasteiger charge is -2.18. The second-order valence-electron chi connectivity index (χ2n) is 2.70. The van der Waals surface area contributed by atoms with Crippen molar-refractivity contribution in [3.05, 3.63) is 0 Å². The minimum Gasteiger partial charge on any atom is -0.392 e. The highest BCUT2D eigenvalue weighted by atomic mass is 16.3. The molecule has 0 aromatic rings. The Balaban J connectivity index is 3.59. The van der Waals surface area contributed by atoms with Gasteiger partial charge in [0.2, 0.25) is 0 Å². The first-order valence-electron chi connectivity index (χ1n) is 4.07. The highest BCUT2D eigenvalue weighted by Gasteiger charge is 2.11. The molecule has 0 radical (unpaired) electrons. The van der Waals surface area contributed by atoms with Crippen LogP contribution in [0.5, 0.6) is 0 Å². The molecule has 0 saturated carbocycles. The number of carbonyl (C=O) groups excluding carboxylic acids is 1. The largest absolute Gasteiger partial charge is 0.392 e. The molecule has 0 aromatic carbocycles. The van der Waals surface area contributed by atoms with Crippen molar-refractivity contribution < 1.29 is 9.90 Å².